The van der Waals surface area contributed by atoms with Gasteiger partial charge in [-0.1, -0.05) is 52.0 Å². The second kappa shape index (κ2) is 5.85. The first-order chi connectivity index (χ1) is 9.00. The summed E-state index contributed by atoms with van der Waals surface area (Å²) in [5.41, 5.74) is 3.90. The van der Waals surface area contributed by atoms with E-state index in [0.717, 1.165) is 23.8 Å². The van der Waals surface area contributed by atoms with Gasteiger partial charge in [-0.3, -0.25) is 0 Å². The number of hydrogen-bond donors (Lipinski definition) is 1. The number of thiazole rings is 1. The van der Waals surface area contributed by atoms with Gasteiger partial charge < -0.3 is 5.32 Å². The summed E-state index contributed by atoms with van der Waals surface area (Å²) >= 11 is 1.72. The average Bonchev–Trinajstić information content (AvgIpc) is 2.84. The molecule has 0 saturated heterocycles. The first kappa shape index (κ1) is 14.2. The lowest BCUT2D eigenvalue weighted by Gasteiger charge is -2.18. The first-order valence-corrected chi connectivity index (χ1v) is 7.64. The van der Waals surface area contributed by atoms with Crippen LogP contribution in [0.5, 0.6) is 0 Å². The Kier molecular flexibility index (Phi) is 4.38. The van der Waals surface area contributed by atoms with E-state index in [0.29, 0.717) is 0 Å². The molecule has 1 N–H and O–H groups in total. The van der Waals surface area contributed by atoms with Crippen molar-refractivity contribution in [1.82, 2.24) is 10.3 Å². The molecule has 3 heteroatoms. The summed E-state index contributed by atoms with van der Waals surface area (Å²) in [4.78, 5) is 4.67. The lowest BCUT2D eigenvalue weighted by Crippen LogP contribution is -2.11. The van der Waals surface area contributed by atoms with Crippen LogP contribution in [0.3, 0.4) is 0 Å². The summed E-state index contributed by atoms with van der Waals surface area (Å²) in [6, 6.07) is 8.77. The number of benzene rings is 1. The number of rotatable bonds is 4. The molecule has 2 rings (SSSR count). The van der Waals surface area contributed by atoms with Crippen LogP contribution < -0.4 is 5.32 Å². The number of nitrogens with one attached hydrogen (secondary N) is 1. The third-order valence-corrected chi connectivity index (χ3v) is 4.05. The van der Waals surface area contributed by atoms with E-state index in [-0.39, 0.29) is 5.41 Å². The number of aromatic nitrogens is 1. The number of hydrogen-bond acceptors (Lipinski definition) is 3. The molecule has 0 aliphatic carbocycles. The number of nitrogens with zero attached hydrogens (tertiary/aromatic N) is 1. The van der Waals surface area contributed by atoms with Crippen LogP contribution in [-0.4, -0.2) is 11.5 Å². The Balaban J connectivity index is 2.16. The Morgan fingerprint density at radius 2 is 1.84 bits per heavy atom. The minimum Gasteiger partial charge on any atom is -0.311 e. The SMILES string of the molecule is CCNCc1csc(-c2ccc(C(C)(C)C)cc2)n1. The van der Waals surface area contributed by atoms with E-state index in [4.69, 9.17) is 0 Å². The van der Waals surface area contributed by atoms with Gasteiger partial charge in [-0.05, 0) is 17.5 Å². The topological polar surface area (TPSA) is 24.9 Å². The van der Waals surface area contributed by atoms with Gasteiger partial charge >= 0.3 is 0 Å². The smallest absolute Gasteiger partial charge is 0.123 e. The molecule has 0 bridgehead atoms. The van der Waals surface area contributed by atoms with Crippen molar-refractivity contribution in [3.05, 3.63) is 40.9 Å². The summed E-state index contributed by atoms with van der Waals surface area (Å²) in [6.45, 7) is 10.7. The van der Waals surface area contributed by atoms with Gasteiger partial charge in [0.05, 0.1) is 5.69 Å². The van der Waals surface area contributed by atoms with Gasteiger partial charge in [-0.15, -0.1) is 11.3 Å². The van der Waals surface area contributed by atoms with Gasteiger partial charge in [0.1, 0.15) is 5.01 Å². The quantitative estimate of drug-likeness (QED) is 0.903. The maximum atomic E-state index is 4.67. The van der Waals surface area contributed by atoms with Crippen LogP contribution in [0.15, 0.2) is 29.6 Å². The minimum atomic E-state index is 0.206. The molecule has 2 nitrogen and oxygen atoms in total. The maximum absolute atomic E-state index is 4.67. The van der Waals surface area contributed by atoms with E-state index < -0.39 is 0 Å². The summed E-state index contributed by atoms with van der Waals surface area (Å²) in [5.74, 6) is 0. The highest BCUT2D eigenvalue weighted by Crippen LogP contribution is 2.27. The molecule has 0 aliphatic heterocycles. The highest BCUT2D eigenvalue weighted by atomic mass is 32.1. The molecule has 0 radical (unpaired) electrons. The van der Waals surface area contributed by atoms with E-state index in [1.807, 2.05) is 0 Å². The molecule has 0 atom stereocenters. The van der Waals surface area contributed by atoms with Crippen molar-refractivity contribution in [2.45, 2.75) is 39.7 Å². The van der Waals surface area contributed by atoms with Crippen molar-refractivity contribution >= 4 is 11.3 Å². The van der Waals surface area contributed by atoms with Crippen LogP contribution in [0.2, 0.25) is 0 Å². The van der Waals surface area contributed by atoms with E-state index in [1.54, 1.807) is 11.3 Å². The van der Waals surface area contributed by atoms with Crippen LogP contribution in [-0.2, 0) is 12.0 Å². The third kappa shape index (κ3) is 3.64. The molecule has 1 aromatic carbocycles. The Bertz CT molecular complexity index is 520. The predicted octanol–water partition coefficient (Wildman–Crippen LogP) is 4.22. The second-order valence-corrected chi connectivity index (χ2v) is 6.61. The molecule has 19 heavy (non-hydrogen) atoms. The van der Waals surface area contributed by atoms with Crippen molar-refractivity contribution in [2.24, 2.45) is 0 Å². The lowest BCUT2D eigenvalue weighted by atomic mass is 9.87. The normalized spacial score (nSPS) is 11.8. The molecule has 0 unspecified atom stereocenters. The monoisotopic (exact) mass is 274 g/mol. The van der Waals surface area contributed by atoms with Gasteiger partial charge in [0.2, 0.25) is 0 Å². The molecule has 1 aromatic heterocycles. The van der Waals surface area contributed by atoms with Crippen molar-refractivity contribution in [3.8, 4) is 10.6 Å². The van der Waals surface area contributed by atoms with Crippen molar-refractivity contribution in [3.63, 3.8) is 0 Å². The van der Waals surface area contributed by atoms with Crippen LogP contribution in [0.4, 0.5) is 0 Å². The van der Waals surface area contributed by atoms with Gasteiger partial charge in [-0.25, -0.2) is 4.98 Å². The fourth-order valence-corrected chi connectivity index (χ4v) is 2.71. The standard InChI is InChI=1S/C16H22N2S/c1-5-17-10-14-11-19-15(18-14)12-6-8-13(9-7-12)16(2,3)4/h6-9,11,17H,5,10H2,1-4H3. The van der Waals surface area contributed by atoms with E-state index in [2.05, 4.69) is 67.6 Å². The van der Waals surface area contributed by atoms with Gasteiger partial charge in [0, 0.05) is 17.5 Å². The summed E-state index contributed by atoms with van der Waals surface area (Å²) in [5, 5.41) is 6.54. The summed E-state index contributed by atoms with van der Waals surface area (Å²) < 4.78 is 0. The largest absolute Gasteiger partial charge is 0.311 e. The van der Waals surface area contributed by atoms with E-state index in [9.17, 15) is 0 Å². The Morgan fingerprint density at radius 3 is 2.42 bits per heavy atom. The first-order valence-electron chi connectivity index (χ1n) is 6.76. The van der Waals surface area contributed by atoms with Crippen LogP contribution in [0.25, 0.3) is 10.6 Å². The van der Waals surface area contributed by atoms with Crippen molar-refractivity contribution in [2.75, 3.05) is 6.54 Å². The molecular formula is C16H22N2S. The van der Waals surface area contributed by atoms with Gasteiger partial charge in [0.25, 0.3) is 0 Å². The van der Waals surface area contributed by atoms with E-state index in [1.165, 1.54) is 11.1 Å². The second-order valence-electron chi connectivity index (χ2n) is 5.75. The van der Waals surface area contributed by atoms with E-state index >= 15 is 0 Å². The Labute approximate surface area is 119 Å². The zero-order valence-electron chi connectivity index (χ0n) is 12.2. The zero-order valence-corrected chi connectivity index (χ0v) is 13.0. The summed E-state index contributed by atoms with van der Waals surface area (Å²) in [7, 11) is 0. The van der Waals surface area contributed by atoms with Crippen LogP contribution in [0, 0.1) is 0 Å². The predicted molar refractivity (Wildman–Crippen MR) is 83.6 cm³/mol. The third-order valence-electron chi connectivity index (χ3n) is 3.11. The fraction of sp³-hybridized carbons (Fsp3) is 0.438. The van der Waals surface area contributed by atoms with Gasteiger partial charge in [0.15, 0.2) is 0 Å². The molecule has 102 valence electrons. The van der Waals surface area contributed by atoms with Gasteiger partial charge in [-0.2, -0.15) is 0 Å². The molecule has 0 aliphatic rings. The highest BCUT2D eigenvalue weighted by molar-refractivity contribution is 7.13. The molecule has 2 aromatic rings. The molecule has 0 fully saturated rings. The van der Waals surface area contributed by atoms with Crippen molar-refractivity contribution in [1.29, 1.82) is 0 Å². The fourth-order valence-electron chi connectivity index (χ4n) is 1.89. The highest BCUT2D eigenvalue weighted by Gasteiger charge is 2.13. The van der Waals surface area contributed by atoms with Crippen LogP contribution >= 0.6 is 11.3 Å². The molecule has 0 amide bonds. The zero-order chi connectivity index (χ0) is 13.9. The molecular weight excluding hydrogens is 252 g/mol. The lowest BCUT2D eigenvalue weighted by molar-refractivity contribution is 0.590. The van der Waals surface area contributed by atoms with Crippen LogP contribution in [0.1, 0.15) is 39.0 Å². The Hall–Kier alpha value is -1.19. The molecule has 0 saturated carbocycles. The molecule has 0 spiro atoms. The summed E-state index contributed by atoms with van der Waals surface area (Å²) in [6.07, 6.45) is 0. The Morgan fingerprint density at radius 1 is 1.16 bits per heavy atom. The molecule has 1 heterocycles. The maximum Gasteiger partial charge on any atom is 0.123 e. The minimum absolute atomic E-state index is 0.206. The van der Waals surface area contributed by atoms with Crippen molar-refractivity contribution < 1.29 is 0 Å². The average molecular weight is 274 g/mol.